The maximum Gasteiger partial charge on any atom is 0.138 e. The lowest BCUT2D eigenvalue weighted by Crippen LogP contribution is -2.25. The molecule has 1 saturated heterocycles. The van der Waals surface area contributed by atoms with Crippen LogP contribution in [0.3, 0.4) is 0 Å². The van der Waals surface area contributed by atoms with E-state index in [0.717, 1.165) is 67.5 Å². The van der Waals surface area contributed by atoms with E-state index < -0.39 is 5.67 Å². The molecule has 1 fully saturated rings. The van der Waals surface area contributed by atoms with E-state index in [1.807, 2.05) is 61.5 Å². The molecule has 0 radical (unpaired) electrons. The fourth-order valence-electron chi connectivity index (χ4n) is 5.47. The van der Waals surface area contributed by atoms with Crippen molar-refractivity contribution in [2.45, 2.75) is 25.9 Å². The number of pyridine rings is 2. The number of anilines is 5. The molecule has 1 aliphatic heterocycles. The van der Waals surface area contributed by atoms with Crippen molar-refractivity contribution < 1.29 is 4.39 Å². The van der Waals surface area contributed by atoms with E-state index in [9.17, 15) is 4.39 Å². The number of halogens is 1. The summed E-state index contributed by atoms with van der Waals surface area (Å²) in [6.45, 7) is 4.78. The van der Waals surface area contributed by atoms with Crippen molar-refractivity contribution in [2.24, 2.45) is 0 Å². The summed E-state index contributed by atoms with van der Waals surface area (Å²) >= 11 is 0. The average Bonchev–Trinajstić information content (AvgIpc) is 3.56. The molecule has 204 valence electrons. The van der Waals surface area contributed by atoms with Gasteiger partial charge in [0.05, 0.1) is 23.1 Å². The Labute approximate surface area is 237 Å². The van der Waals surface area contributed by atoms with Crippen LogP contribution in [0.15, 0.2) is 91.3 Å². The predicted molar refractivity (Wildman–Crippen MR) is 165 cm³/mol. The van der Waals surface area contributed by atoms with Crippen LogP contribution >= 0.6 is 0 Å². The van der Waals surface area contributed by atoms with Crippen molar-refractivity contribution in [2.75, 3.05) is 28.6 Å². The highest BCUT2D eigenvalue weighted by Crippen LogP contribution is 2.34. The van der Waals surface area contributed by atoms with E-state index in [1.54, 1.807) is 19.3 Å². The number of hydrogen-bond acceptors (Lipinski definition) is 6. The molecule has 1 unspecified atom stereocenters. The molecule has 0 aliphatic carbocycles. The Morgan fingerprint density at radius 3 is 2.41 bits per heavy atom. The van der Waals surface area contributed by atoms with Crippen molar-refractivity contribution in [3.63, 3.8) is 0 Å². The lowest BCUT2D eigenvalue weighted by molar-refractivity contribution is 0.221. The summed E-state index contributed by atoms with van der Waals surface area (Å²) < 4.78 is 14.5. The number of fused-ring (bicyclic) bond motifs is 2. The van der Waals surface area contributed by atoms with E-state index in [0.29, 0.717) is 19.5 Å². The third kappa shape index (κ3) is 5.16. The van der Waals surface area contributed by atoms with Crippen LogP contribution in [0, 0.1) is 6.92 Å². The highest BCUT2D eigenvalue weighted by molar-refractivity contribution is 5.95. The third-order valence-electron chi connectivity index (χ3n) is 7.62. The normalized spacial score (nSPS) is 16.9. The summed E-state index contributed by atoms with van der Waals surface area (Å²) in [4.78, 5) is 19.2. The summed E-state index contributed by atoms with van der Waals surface area (Å²) in [6, 6.07) is 26.4. The summed E-state index contributed by atoms with van der Waals surface area (Å²) in [6.07, 6.45) is 4.15. The average molecular weight is 544 g/mol. The van der Waals surface area contributed by atoms with Gasteiger partial charge in [0, 0.05) is 70.4 Å². The molecule has 0 spiro atoms. The molecular weight excluding hydrogens is 513 g/mol. The van der Waals surface area contributed by atoms with Gasteiger partial charge in [-0.2, -0.15) is 0 Å². The van der Waals surface area contributed by atoms with Gasteiger partial charge in [-0.25, -0.2) is 9.37 Å². The number of alkyl halides is 1. The molecule has 41 heavy (non-hydrogen) atoms. The molecule has 7 nitrogen and oxygen atoms in total. The first kappa shape index (κ1) is 25.0. The van der Waals surface area contributed by atoms with Crippen molar-refractivity contribution in [1.29, 1.82) is 0 Å². The van der Waals surface area contributed by atoms with Crippen LogP contribution in [-0.4, -0.2) is 38.7 Å². The Morgan fingerprint density at radius 2 is 1.61 bits per heavy atom. The summed E-state index contributed by atoms with van der Waals surface area (Å²) in [5, 5.41) is 7.98. The predicted octanol–water partition coefficient (Wildman–Crippen LogP) is 7.91. The zero-order chi connectivity index (χ0) is 28.0. The van der Waals surface area contributed by atoms with Crippen LogP contribution in [-0.2, 0) is 0 Å². The van der Waals surface area contributed by atoms with Crippen molar-refractivity contribution in [3.8, 4) is 11.4 Å². The molecule has 1 aliphatic rings. The lowest BCUT2D eigenvalue weighted by Gasteiger charge is -2.20. The van der Waals surface area contributed by atoms with Gasteiger partial charge in [-0.1, -0.05) is 0 Å². The quantitative estimate of drug-likeness (QED) is 0.198. The third-order valence-corrected chi connectivity index (χ3v) is 7.62. The fourth-order valence-corrected chi connectivity index (χ4v) is 5.47. The highest BCUT2D eigenvalue weighted by atomic mass is 19.1. The minimum absolute atomic E-state index is 0.410. The minimum Gasteiger partial charge on any atom is -0.368 e. The number of H-pyrrole nitrogens is 1. The first-order valence-electron chi connectivity index (χ1n) is 13.8. The highest BCUT2D eigenvalue weighted by Gasteiger charge is 2.33. The Hall–Kier alpha value is -4.98. The monoisotopic (exact) mass is 543 g/mol. The molecule has 0 bridgehead atoms. The van der Waals surface area contributed by atoms with E-state index >= 15 is 0 Å². The fraction of sp³-hybridized carbons (Fsp3) is 0.182. The van der Waals surface area contributed by atoms with E-state index in [1.165, 1.54) is 0 Å². The SMILES string of the molecule is Cc1cc(Nc2ccc3nc(-c4ccc(Nc5ccnc6ccc(N7CCC(C)(F)C7)cc56)cc4)[nH]c3c2)ccn1. The van der Waals surface area contributed by atoms with Crippen LogP contribution in [0.25, 0.3) is 33.3 Å². The largest absolute Gasteiger partial charge is 0.368 e. The smallest absolute Gasteiger partial charge is 0.138 e. The molecule has 7 rings (SSSR count). The topological polar surface area (TPSA) is 81.8 Å². The van der Waals surface area contributed by atoms with Crippen molar-refractivity contribution >= 4 is 50.4 Å². The zero-order valence-electron chi connectivity index (χ0n) is 22.9. The number of aromatic nitrogens is 4. The van der Waals surface area contributed by atoms with E-state index in [2.05, 4.69) is 54.8 Å². The van der Waals surface area contributed by atoms with Crippen LogP contribution in [0.5, 0.6) is 0 Å². The Morgan fingerprint density at radius 1 is 0.829 bits per heavy atom. The molecule has 6 aromatic rings. The molecule has 3 aromatic carbocycles. The number of nitrogens with one attached hydrogen (secondary N) is 3. The molecule has 1 atom stereocenters. The summed E-state index contributed by atoms with van der Waals surface area (Å²) in [5.41, 5.74) is 8.49. The number of nitrogens with zero attached hydrogens (tertiary/aromatic N) is 4. The van der Waals surface area contributed by atoms with Gasteiger partial charge in [0.25, 0.3) is 0 Å². The molecule has 0 amide bonds. The maximum atomic E-state index is 14.5. The summed E-state index contributed by atoms with van der Waals surface area (Å²) in [5.74, 6) is 0.813. The molecular formula is C33H30FN7. The summed E-state index contributed by atoms with van der Waals surface area (Å²) in [7, 11) is 0. The zero-order valence-corrected chi connectivity index (χ0v) is 22.9. The Bertz CT molecular complexity index is 1880. The van der Waals surface area contributed by atoms with Crippen LogP contribution < -0.4 is 15.5 Å². The van der Waals surface area contributed by atoms with Crippen LogP contribution in [0.4, 0.5) is 32.8 Å². The van der Waals surface area contributed by atoms with Gasteiger partial charge in [0.2, 0.25) is 0 Å². The number of hydrogen-bond donors (Lipinski definition) is 3. The molecule has 0 saturated carbocycles. The Kier molecular flexibility index (Phi) is 6.03. The maximum absolute atomic E-state index is 14.5. The number of rotatable bonds is 6. The minimum atomic E-state index is -1.15. The molecule has 4 heterocycles. The number of aromatic amines is 1. The number of aryl methyl sites for hydroxylation is 1. The first-order chi connectivity index (χ1) is 19.9. The molecule has 8 heteroatoms. The van der Waals surface area contributed by atoms with Gasteiger partial charge in [-0.05, 0) is 92.7 Å². The van der Waals surface area contributed by atoms with Crippen molar-refractivity contribution in [3.05, 3.63) is 97.0 Å². The second-order valence-electron chi connectivity index (χ2n) is 11.0. The first-order valence-corrected chi connectivity index (χ1v) is 13.8. The standard InChI is InChI=1S/C33H30FN7/c1-21-17-25(11-14-35-21)37-24-7-9-30-31(18-24)40-32(39-30)22-3-5-23(6-4-22)38-29-12-15-36-28-10-8-26(19-27(28)29)41-16-13-33(2,34)20-41/h3-12,14-15,17-19H,13,16,20H2,1-2H3,(H,35,37)(H,36,38)(H,39,40). The Balaban J connectivity index is 1.11. The van der Waals surface area contributed by atoms with Gasteiger partial charge in [-0.3, -0.25) is 9.97 Å². The van der Waals surface area contributed by atoms with Crippen LogP contribution in [0.1, 0.15) is 19.0 Å². The molecule has 3 N–H and O–H groups in total. The van der Waals surface area contributed by atoms with E-state index in [-0.39, 0.29) is 0 Å². The number of imidazole rings is 1. The van der Waals surface area contributed by atoms with Gasteiger partial charge in [0.15, 0.2) is 0 Å². The number of benzene rings is 3. The van der Waals surface area contributed by atoms with Gasteiger partial charge in [0.1, 0.15) is 11.5 Å². The van der Waals surface area contributed by atoms with Gasteiger partial charge < -0.3 is 20.5 Å². The van der Waals surface area contributed by atoms with Crippen molar-refractivity contribution in [1.82, 2.24) is 19.9 Å². The second kappa shape index (κ2) is 9.89. The van der Waals surface area contributed by atoms with Crippen LogP contribution in [0.2, 0.25) is 0 Å². The van der Waals surface area contributed by atoms with E-state index in [4.69, 9.17) is 4.98 Å². The van der Waals surface area contributed by atoms with Gasteiger partial charge in [-0.15, -0.1) is 0 Å². The molecule has 3 aromatic heterocycles. The van der Waals surface area contributed by atoms with Gasteiger partial charge >= 0.3 is 0 Å². The lowest BCUT2D eigenvalue weighted by atomic mass is 10.1. The second-order valence-corrected chi connectivity index (χ2v) is 11.0.